The first-order valence-electron chi connectivity index (χ1n) is 12.6. The molecule has 0 radical (unpaired) electrons. The first-order chi connectivity index (χ1) is 21.1. The van der Waals surface area contributed by atoms with E-state index in [1.54, 1.807) is 50.9 Å². The Bertz CT molecular complexity index is 1920. The Morgan fingerprint density at radius 3 is 1.73 bits per heavy atom. The van der Waals surface area contributed by atoms with E-state index in [9.17, 15) is 0 Å². The first-order valence-corrected chi connectivity index (χ1v) is 14.9. The van der Waals surface area contributed by atoms with E-state index in [-0.39, 0.29) is 10.6 Å². The SMILES string of the molecule is COc1cc(-c2ccccc2Cl)cc2cnc(Cl)nc12.COc1cc(Br)cc2cnc(Cl)nc12.OB(O)c1ccccc1Cl. The Labute approximate surface area is 281 Å². The van der Waals surface area contributed by atoms with Gasteiger partial charge in [-0.15, -0.1) is 0 Å². The molecule has 2 heterocycles. The number of nitrogens with zero attached hydrogens (tertiary/aromatic N) is 4. The van der Waals surface area contributed by atoms with Gasteiger partial charge in [-0.1, -0.05) is 75.5 Å². The maximum atomic E-state index is 8.68. The van der Waals surface area contributed by atoms with Crippen LogP contribution >= 0.6 is 62.3 Å². The molecule has 0 bridgehead atoms. The molecule has 0 aliphatic rings. The Kier molecular flexibility index (Phi) is 12.0. The lowest BCUT2D eigenvalue weighted by Gasteiger charge is -2.10. The van der Waals surface area contributed by atoms with Crippen molar-refractivity contribution in [3.05, 3.63) is 110 Å². The number of ether oxygens (including phenoxy) is 2. The molecule has 44 heavy (non-hydrogen) atoms. The molecule has 0 aliphatic heterocycles. The lowest BCUT2D eigenvalue weighted by atomic mass is 9.80. The molecule has 0 saturated heterocycles. The first kappa shape index (κ1) is 33.7. The highest BCUT2D eigenvalue weighted by atomic mass is 79.9. The fourth-order valence-electron chi connectivity index (χ4n) is 3.99. The number of aromatic nitrogens is 4. The number of hydrogen-bond donors (Lipinski definition) is 2. The van der Waals surface area contributed by atoms with E-state index in [4.69, 9.17) is 65.9 Å². The van der Waals surface area contributed by atoms with Crippen LogP contribution in [0, 0.1) is 0 Å². The average molecular weight is 735 g/mol. The maximum absolute atomic E-state index is 8.68. The van der Waals surface area contributed by atoms with E-state index in [0.29, 0.717) is 32.5 Å². The van der Waals surface area contributed by atoms with E-state index < -0.39 is 7.12 Å². The van der Waals surface area contributed by atoms with Crippen LogP contribution in [0.15, 0.2) is 89.7 Å². The van der Waals surface area contributed by atoms with Gasteiger partial charge in [0.25, 0.3) is 0 Å². The normalized spacial score (nSPS) is 10.4. The van der Waals surface area contributed by atoms with Crippen LogP contribution in [0.4, 0.5) is 0 Å². The summed E-state index contributed by atoms with van der Waals surface area (Å²) in [6.07, 6.45) is 3.34. The van der Waals surface area contributed by atoms with E-state index in [0.717, 1.165) is 31.9 Å². The van der Waals surface area contributed by atoms with Gasteiger partial charge in [-0.2, -0.15) is 0 Å². The molecule has 0 saturated carbocycles. The number of fused-ring (bicyclic) bond motifs is 2. The largest absolute Gasteiger partial charge is 0.494 e. The predicted molar refractivity (Wildman–Crippen MR) is 182 cm³/mol. The van der Waals surface area contributed by atoms with Crippen LogP contribution in [0.25, 0.3) is 32.9 Å². The van der Waals surface area contributed by atoms with Crippen LogP contribution in [-0.4, -0.2) is 51.3 Å². The molecule has 8 nitrogen and oxygen atoms in total. The minimum absolute atomic E-state index is 0.196. The molecule has 0 atom stereocenters. The second-order valence-corrected chi connectivity index (χ2v) is 11.2. The van der Waals surface area contributed by atoms with Gasteiger partial charge in [-0.25, -0.2) is 19.9 Å². The van der Waals surface area contributed by atoms with Gasteiger partial charge in [0.15, 0.2) is 0 Å². The lowest BCUT2D eigenvalue weighted by Crippen LogP contribution is -2.30. The highest BCUT2D eigenvalue weighted by Crippen LogP contribution is 2.34. The molecular formula is C30H22BBrCl4N4O4. The summed E-state index contributed by atoms with van der Waals surface area (Å²) in [5, 5.41) is 20.6. The van der Waals surface area contributed by atoms with Crippen molar-refractivity contribution in [2.24, 2.45) is 0 Å². The van der Waals surface area contributed by atoms with Crippen LogP contribution in [0.3, 0.4) is 0 Å². The summed E-state index contributed by atoms with van der Waals surface area (Å²) in [5.41, 5.74) is 3.62. The lowest BCUT2D eigenvalue weighted by molar-refractivity contribution is 0.418. The summed E-state index contributed by atoms with van der Waals surface area (Å²) in [7, 11) is 1.71. The van der Waals surface area contributed by atoms with Gasteiger partial charge >= 0.3 is 7.12 Å². The molecule has 2 aromatic heterocycles. The molecule has 4 aromatic carbocycles. The number of rotatable bonds is 4. The molecule has 0 spiro atoms. The van der Waals surface area contributed by atoms with Crippen LogP contribution < -0.4 is 14.9 Å². The van der Waals surface area contributed by atoms with Crippen molar-refractivity contribution in [3.8, 4) is 22.6 Å². The minimum Gasteiger partial charge on any atom is -0.494 e. The fourth-order valence-corrected chi connectivity index (χ4v) is 5.19. The summed E-state index contributed by atoms with van der Waals surface area (Å²) in [4.78, 5) is 16.2. The highest BCUT2D eigenvalue weighted by molar-refractivity contribution is 9.10. The van der Waals surface area contributed by atoms with Crippen molar-refractivity contribution in [1.82, 2.24) is 19.9 Å². The van der Waals surface area contributed by atoms with Gasteiger partial charge < -0.3 is 19.5 Å². The molecular weight excluding hydrogens is 713 g/mol. The minimum atomic E-state index is -1.48. The topological polar surface area (TPSA) is 110 Å². The monoisotopic (exact) mass is 732 g/mol. The van der Waals surface area contributed by atoms with Gasteiger partial charge in [-0.05, 0) is 65.2 Å². The summed E-state index contributed by atoms with van der Waals surface area (Å²) in [6, 6.07) is 21.9. The summed E-state index contributed by atoms with van der Waals surface area (Å²) in [5.74, 6) is 1.32. The molecule has 0 aliphatic carbocycles. The molecule has 0 fully saturated rings. The van der Waals surface area contributed by atoms with Crippen LogP contribution in [-0.2, 0) is 0 Å². The molecule has 0 unspecified atom stereocenters. The van der Waals surface area contributed by atoms with Crippen LogP contribution in [0.1, 0.15) is 0 Å². The molecule has 0 amide bonds. The van der Waals surface area contributed by atoms with Gasteiger partial charge in [0.1, 0.15) is 22.5 Å². The number of methoxy groups -OCH3 is 2. The van der Waals surface area contributed by atoms with Crippen molar-refractivity contribution in [3.63, 3.8) is 0 Å². The predicted octanol–water partition coefficient (Wildman–Crippen LogP) is 7.69. The zero-order valence-electron chi connectivity index (χ0n) is 23.0. The second kappa shape index (κ2) is 15.7. The van der Waals surface area contributed by atoms with Crippen molar-refractivity contribution >= 4 is 96.7 Å². The van der Waals surface area contributed by atoms with E-state index in [1.807, 2.05) is 48.5 Å². The third-order valence-corrected chi connectivity index (χ3v) is 7.51. The Morgan fingerprint density at radius 1 is 0.682 bits per heavy atom. The molecule has 6 aromatic rings. The molecule has 224 valence electrons. The smallest absolute Gasteiger partial charge is 0.489 e. The second-order valence-electron chi connectivity index (χ2n) is 8.82. The third kappa shape index (κ3) is 8.48. The number of benzene rings is 4. The van der Waals surface area contributed by atoms with Gasteiger partial charge in [-0.3, -0.25) is 0 Å². The van der Waals surface area contributed by atoms with E-state index in [1.165, 1.54) is 0 Å². The number of hydrogen-bond acceptors (Lipinski definition) is 8. The van der Waals surface area contributed by atoms with E-state index in [2.05, 4.69) is 35.9 Å². The zero-order valence-corrected chi connectivity index (χ0v) is 27.7. The van der Waals surface area contributed by atoms with E-state index >= 15 is 0 Å². The third-order valence-electron chi connectivity index (χ3n) is 6.01. The Morgan fingerprint density at radius 2 is 1.20 bits per heavy atom. The van der Waals surface area contributed by atoms with Crippen molar-refractivity contribution in [1.29, 1.82) is 0 Å². The fraction of sp³-hybridized carbons (Fsp3) is 0.0667. The quantitative estimate of drug-likeness (QED) is 0.140. The van der Waals surface area contributed by atoms with Crippen LogP contribution in [0.5, 0.6) is 11.5 Å². The maximum Gasteiger partial charge on any atom is 0.489 e. The highest BCUT2D eigenvalue weighted by Gasteiger charge is 2.13. The van der Waals surface area contributed by atoms with Crippen molar-refractivity contribution < 1.29 is 19.5 Å². The Balaban J connectivity index is 0.000000161. The Hall–Kier alpha value is -3.22. The number of halogens is 5. The van der Waals surface area contributed by atoms with Crippen molar-refractivity contribution in [2.75, 3.05) is 14.2 Å². The summed E-state index contributed by atoms with van der Waals surface area (Å²) < 4.78 is 11.5. The van der Waals surface area contributed by atoms with Gasteiger partial charge in [0, 0.05) is 48.7 Å². The summed E-state index contributed by atoms with van der Waals surface area (Å²) in [6.45, 7) is 0. The van der Waals surface area contributed by atoms with Crippen LogP contribution in [0.2, 0.25) is 20.6 Å². The molecule has 14 heteroatoms. The van der Waals surface area contributed by atoms with Gasteiger partial charge in [0.05, 0.1) is 14.2 Å². The standard InChI is InChI=1S/C15H10Cl2N2O.C9H6BrClN2O.C6H6BClO2/c1-20-13-7-9(11-4-2-3-5-12(11)16)6-10-8-18-15(17)19-14(10)13;1-14-7-3-6(10)2-5-4-12-9(11)13-8(5)7;8-6-4-2-1-3-5(6)7(9)10/h2-8H,1H3;2-4H,1H3;1-4,9-10H. The molecule has 6 rings (SSSR count). The molecule has 2 N–H and O–H groups in total. The summed E-state index contributed by atoms with van der Waals surface area (Å²) >= 11 is 26.7. The van der Waals surface area contributed by atoms with Gasteiger partial charge in [0.2, 0.25) is 10.6 Å². The van der Waals surface area contributed by atoms with Crippen molar-refractivity contribution in [2.45, 2.75) is 0 Å². The zero-order chi connectivity index (χ0) is 31.8. The average Bonchev–Trinajstić information content (AvgIpc) is 3.01.